The smallest absolute Gasteiger partial charge is 0.416 e. The molecule has 2 N–H and O–H groups in total. The first-order valence-electron chi connectivity index (χ1n) is 7.91. The van der Waals surface area contributed by atoms with Crippen LogP contribution < -0.4 is 24.8 Å². The quantitative estimate of drug-likeness (QED) is 0.710. The number of amides is 2. The first-order chi connectivity index (χ1) is 12.8. The molecule has 0 aliphatic carbocycles. The number of para-hydroxylation sites is 1. The van der Waals surface area contributed by atoms with Crippen LogP contribution in [0, 0.1) is 0 Å². The van der Waals surface area contributed by atoms with Crippen LogP contribution in [0.25, 0.3) is 0 Å². The normalized spacial score (nSPS) is 10.9. The SMILES string of the molecule is COc1cccc(OCCNC(=O)Nc2ccc(C(F)(F)F)cc2)c1OC. The van der Waals surface area contributed by atoms with Crippen molar-refractivity contribution in [3.63, 3.8) is 0 Å². The Labute approximate surface area is 154 Å². The van der Waals surface area contributed by atoms with Crippen molar-refractivity contribution in [1.29, 1.82) is 0 Å². The molecule has 2 amide bonds. The first-order valence-corrected chi connectivity index (χ1v) is 7.91. The summed E-state index contributed by atoms with van der Waals surface area (Å²) < 4.78 is 53.4. The van der Waals surface area contributed by atoms with Crippen LogP contribution in [0.5, 0.6) is 17.2 Å². The van der Waals surface area contributed by atoms with Gasteiger partial charge in [0.2, 0.25) is 5.75 Å². The Morgan fingerprint density at radius 2 is 1.67 bits per heavy atom. The number of halogens is 3. The van der Waals surface area contributed by atoms with Crippen molar-refractivity contribution in [2.24, 2.45) is 0 Å². The van der Waals surface area contributed by atoms with Crippen LogP contribution in [0.3, 0.4) is 0 Å². The monoisotopic (exact) mass is 384 g/mol. The first kappa shape index (κ1) is 20.2. The maximum absolute atomic E-state index is 12.5. The van der Waals surface area contributed by atoms with E-state index in [0.717, 1.165) is 12.1 Å². The van der Waals surface area contributed by atoms with Gasteiger partial charge in [0.15, 0.2) is 11.5 Å². The Hall–Kier alpha value is -3.10. The van der Waals surface area contributed by atoms with Crippen molar-refractivity contribution >= 4 is 11.7 Å². The summed E-state index contributed by atoms with van der Waals surface area (Å²) in [6, 6.07) is 8.75. The molecule has 0 spiro atoms. The van der Waals surface area contributed by atoms with E-state index in [-0.39, 0.29) is 18.8 Å². The highest BCUT2D eigenvalue weighted by atomic mass is 19.4. The number of anilines is 1. The molecule has 0 heterocycles. The van der Waals surface area contributed by atoms with Gasteiger partial charge in [0.1, 0.15) is 6.61 Å². The highest BCUT2D eigenvalue weighted by Gasteiger charge is 2.29. The predicted octanol–water partition coefficient (Wildman–Crippen LogP) is 3.92. The summed E-state index contributed by atoms with van der Waals surface area (Å²) in [7, 11) is 3.00. The average Bonchev–Trinajstić information content (AvgIpc) is 2.64. The third-order valence-electron chi connectivity index (χ3n) is 3.48. The zero-order chi connectivity index (χ0) is 19.9. The molecule has 0 aromatic heterocycles. The molecule has 0 bridgehead atoms. The van der Waals surface area contributed by atoms with Crippen molar-refractivity contribution in [2.75, 3.05) is 32.7 Å². The van der Waals surface area contributed by atoms with Crippen LogP contribution in [0.1, 0.15) is 5.56 Å². The minimum Gasteiger partial charge on any atom is -0.493 e. The lowest BCUT2D eigenvalue weighted by Gasteiger charge is -2.14. The largest absolute Gasteiger partial charge is 0.493 e. The molecule has 0 radical (unpaired) electrons. The van der Waals surface area contributed by atoms with Gasteiger partial charge in [-0.2, -0.15) is 13.2 Å². The van der Waals surface area contributed by atoms with E-state index in [1.165, 1.54) is 26.4 Å². The summed E-state index contributed by atoms with van der Waals surface area (Å²) in [5, 5.41) is 4.99. The Bertz CT molecular complexity index is 764. The number of methoxy groups -OCH3 is 2. The van der Waals surface area contributed by atoms with Gasteiger partial charge in [-0.25, -0.2) is 4.79 Å². The molecule has 146 valence electrons. The topological polar surface area (TPSA) is 68.8 Å². The number of rotatable bonds is 7. The predicted molar refractivity (Wildman–Crippen MR) is 93.5 cm³/mol. The number of carbonyl (C=O) groups excluding carboxylic acids is 1. The van der Waals surface area contributed by atoms with Gasteiger partial charge >= 0.3 is 12.2 Å². The van der Waals surface area contributed by atoms with E-state index in [1.807, 2.05) is 0 Å². The van der Waals surface area contributed by atoms with Gasteiger partial charge in [0, 0.05) is 5.69 Å². The summed E-state index contributed by atoms with van der Waals surface area (Å²) >= 11 is 0. The Balaban J connectivity index is 1.80. The molecule has 2 aromatic rings. The van der Waals surface area contributed by atoms with Gasteiger partial charge in [-0.15, -0.1) is 0 Å². The number of ether oxygens (including phenoxy) is 3. The summed E-state index contributed by atoms with van der Waals surface area (Å²) in [6.07, 6.45) is -4.42. The molecule has 0 saturated carbocycles. The molecule has 0 atom stereocenters. The summed E-state index contributed by atoms with van der Waals surface area (Å²) in [5.74, 6) is 1.42. The van der Waals surface area contributed by atoms with E-state index in [0.29, 0.717) is 17.2 Å². The molecule has 6 nitrogen and oxygen atoms in total. The number of hydrogen-bond donors (Lipinski definition) is 2. The maximum Gasteiger partial charge on any atom is 0.416 e. The standard InChI is InChI=1S/C18H19F3N2O4/c1-25-14-4-3-5-15(16(14)26-2)27-11-10-22-17(24)23-13-8-6-12(7-9-13)18(19,20)21/h3-9H,10-11H2,1-2H3,(H2,22,23,24). The number of benzene rings is 2. The van der Waals surface area contributed by atoms with Crippen LogP contribution in [-0.4, -0.2) is 33.4 Å². The Kier molecular flexibility index (Phi) is 6.75. The van der Waals surface area contributed by atoms with Crippen LogP contribution in [0.2, 0.25) is 0 Å². The van der Waals surface area contributed by atoms with Crippen molar-refractivity contribution in [2.45, 2.75) is 6.18 Å². The fraction of sp³-hybridized carbons (Fsp3) is 0.278. The highest BCUT2D eigenvalue weighted by molar-refractivity contribution is 5.89. The zero-order valence-corrected chi connectivity index (χ0v) is 14.7. The molecule has 0 aliphatic rings. The highest BCUT2D eigenvalue weighted by Crippen LogP contribution is 2.36. The summed E-state index contributed by atoms with van der Waals surface area (Å²) in [6.45, 7) is 0.330. The van der Waals surface area contributed by atoms with E-state index in [9.17, 15) is 18.0 Å². The number of hydrogen-bond acceptors (Lipinski definition) is 4. The van der Waals surface area contributed by atoms with Crippen molar-refractivity contribution in [1.82, 2.24) is 5.32 Å². The van der Waals surface area contributed by atoms with E-state index < -0.39 is 17.8 Å². The second kappa shape index (κ2) is 9.02. The molecule has 0 unspecified atom stereocenters. The molecule has 0 saturated heterocycles. The Morgan fingerprint density at radius 3 is 2.26 bits per heavy atom. The van der Waals surface area contributed by atoms with E-state index in [2.05, 4.69) is 10.6 Å². The molecule has 2 rings (SSSR count). The van der Waals surface area contributed by atoms with E-state index in [4.69, 9.17) is 14.2 Å². The number of nitrogens with one attached hydrogen (secondary N) is 2. The van der Waals surface area contributed by atoms with Crippen LogP contribution in [-0.2, 0) is 6.18 Å². The van der Waals surface area contributed by atoms with Gasteiger partial charge in [-0.1, -0.05) is 6.07 Å². The minimum absolute atomic E-state index is 0.157. The average molecular weight is 384 g/mol. The van der Waals surface area contributed by atoms with Gasteiger partial charge in [0.25, 0.3) is 0 Å². The molecule has 0 fully saturated rings. The second-order valence-electron chi connectivity index (χ2n) is 5.30. The minimum atomic E-state index is -4.42. The molecule has 2 aromatic carbocycles. The lowest BCUT2D eigenvalue weighted by Crippen LogP contribution is -2.32. The van der Waals surface area contributed by atoms with Crippen LogP contribution >= 0.6 is 0 Å². The third-order valence-corrected chi connectivity index (χ3v) is 3.48. The van der Waals surface area contributed by atoms with E-state index in [1.54, 1.807) is 18.2 Å². The molecule has 0 aliphatic heterocycles. The van der Waals surface area contributed by atoms with Gasteiger partial charge in [-0.05, 0) is 36.4 Å². The van der Waals surface area contributed by atoms with Crippen molar-refractivity contribution < 1.29 is 32.2 Å². The number of carbonyl (C=O) groups is 1. The summed E-state index contributed by atoms with van der Waals surface area (Å²) in [4.78, 5) is 11.8. The maximum atomic E-state index is 12.5. The van der Waals surface area contributed by atoms with Gasteiger partial charge < -0.3 is 24.8 Å². The fourth-order valence-corrected chi connectivity index (χ4v) is 2.21. The second-order valence-corrected chi connectivity index (χ2v) is 5.30. The fourth-order valence-electron chi connectivity index (χ4n) is 2.21. The van der Waals surface area contributed by atoms with Crippen molar-refractivity contribution in [3.8, 4) is 17.2 Å². The van der Waals surface area contributed by atoms with E-state index >= 15 is 0 Å². The summed E-state index contributed by atoms with van der Waals surface area (Å²) in [5.41, 5.74) is -0.537. The molecule has 9 heteroatoms. The van der Waals surface area contributed by atoms with Gasteiger partial charge in [0.05, 0.1) is 26.3 Å². The number of alkyl halides is 3. The molecule has 27 heavy (non-hydrogen) atoms. The molecular weight excluding hydrogens is 365 g/mol. The Morgan fingerprint density at radius 1 is 1.00 bits per heavy atom. The third kappa shape index (κ3) is 5.70. The van der Waals surface area contributed by atoms with Gasteiger partial charge in [-0.3, -0.25) is 0 Å². The molecular formula is C18H19F3N2O4. The van der Waals surface area contributed by atoms with Crippen LogP contribution in [0.4, 0.5) is 23.7 Å². The zero-order valence-electron chi connectivity index (χ0n) is 14.7. The van der Waals surface area contributed by atoms with Crippen molar-refractivity contribution in [3.05, 3.63) is 48.0 Å². The lowest BCUT2D eigenvalue weighted by molar-refractivity contribution is -0.137. The number of urea groups is 1. The van der Waals surface area contributed by atoms with Crippen LogP contribution in [0.15, 0.2) is 42.5 Å². The lowest BCUT2D eigenvalue weighted by atomic mass is 10.2.